The summed E-state index contributed by atoms with van der Waals surface area (Å²) >= 11 is 0. The molecule has 6 aromatic rings. The van der Waals surface area contributed by atoms with Crippen LogP contribution < -0.4 is 5.32 Å². The highest BCUT2D eigenvalue weighted by Gasteiger charge is 2.25. The number of aliphatic hydroxyl groups excluding tert-OH is 1. The molecule has 7 rings (SSSR count). The molecule has 39 heavy (non-hydrogen) atoms. The fraction of sp³-hybridized carbons (Fsp3) is 0.172. The molecular formula is C29H23F2N7O. The smallest absolute Gasteiger partial charge is 0.160 e. The highest BCUT2D eigenvalue weighted by Crippen LogP contribution is 2.35. The SMILES string of the molecule is OC(Nc1cncc(-c2cc(F)c3[nH]nc(-c4nc5c(-c6ccccc6F)ccnc5[nH]4)c3c2)c1)C1CCC1. The lowest BCUT2D eigenvalue weighted by Gasteiger charge is -2.31. The van der Waals surface area contributed by atoms with Gasteiger partial charge < -0.3 is 15.4 Å². The molecule has 1 unspecified atom stereocenters. The quantitative estimate of drug-likeness (QED) is 0.198. The third-order valence-corrected chi connectivity index (χ3v) is 7.38. The van der Waals surface area contributed by atoms with E-state index in [1.165, 1.54) is 12.1 Å². The Balaban J connectivity index is 1.29. The lowest BCUT2D eigenvalue weighted by Crippen LogP contribution is -2.33. The molecular weight excluding hydrogens is 500 g/mol. The van der Waals surface area contributed by atoms with Gasteiger partial charge in [0, 0.05) is 40.4 Å². The minimum atomic E-state index is -0.647. The van der Waals surface area contributed by atoms with Crippen LogP contribution in [0.3, 0.4) is 0 Å². The maximum atomic E-state index is 15.2. The number of hydrogen-bond donors (Lipinski definition) is 4. The molecule has 1 aliphatic carbocycles. The molecule has 1 aliphatic rings. The molecule has 0 spiro atoms. The van der Waals surface area contributed by atoms with Crippen molar-refractivity contribution in [3.63, 3.8) is 0 Å². The second-order valence-corrected chi connectivity index (χ2v) is 9.82. The van der Waals surface area contributed by atoms with Crippen LogP contribution in [-0.2, 0) is 0 Å². The Morgan fingerprint density at radius 1 is 0.974 bits per heavy atom. The van der Waals surface area contributed by atoms with Gasteiger partial charge in [-0.3, -0.25) is 10.1 Å². The first-order valence-electron chi connectivity index (χ1n) is 12.7. The van der Waals surface area contributed by atoms with Gasteiger partial charge in [0.15, 0.2) is 11.5 Å². The molecule has 4 aromatic heterocycles. The molecule has 8 nitrogen and oxygen atoms in total. The number of halogens is 2. The van der Waals surface area contributed by atoms with Crippen LogP contribution in [0.4, 0.5) is 14.5 Å². The first-order chi connectivity index (χ1) is 19.0. The summed E-state index contributed by atoms with van der Waals surface area (Å²) in [6, 6.07) is 13.3. The topological polar surface area (TPSA) is 115 Å². The van der Waals surface area contributed by atoms with Gasteiger partial charge in [-0.05, 0) is 48.7 Å². The Morgan fingerprint density at radius 2 is 1.85 bits per heavy atom. The summed E-state index contributed by atoms with van der Waals surface area (Å²) in [4.78, 5) is 16.5. The first-order valence-corrected chi connectivity index (χ1v) is 12.7. The zero-order chi connectivity index (χ0) is 26.5. The Kier molecular flexibility index (Phi) is 5.55. The van der Waals surface area contributed by atoms with Crippen LogP contribution in [-0.4, -0.2) is 41.5 Å². The molecule has 1 fully saturated rings. The van der Waals surface area contributed by atoms with E-state index in [2.05, 4.69) is 30.5 Å². The fourth-order valence-corrected chi connectivity index (χ4v) is 5.07. The van der Waals surface area contributed by atoms with Crippen LogP contribution in [0.5, 0.6) is 0 Å². The van der Waals surface area contributed by atoms with Gasteiger partial charge in [-0.2, -0.15) is 5.10 Å². The van der Waals surface area contributed by atoms with E-state index >= 15 is 4.39 Å². The average Bonchev–Trinajstić information content (AvgIpc) is 3.52. The number of imidazole rings is 1. The standard InChI is InChI=1S/C29H23F2N7O/c30-22-7-2-1-6-19(22)20-8-9-33-27-25(20)35-28(36-27)26-21-11-16(12-23(31)24(21)37-38-26)17-10-18(14-32-13-17)34-29(39)15-4-3-5-15/h1-2,6-15,29,34,39H,3-5H2,(H,37,38)(H,33,35,36). The van der Waals surface area contributed by atoms with E-state index in [0.29, 0.717) is 56.0 Å². The molecule has 0 bridgehead atoms. The van der Waals surface area contributed by atoms with E-state index in [4.69, 9.17) is 4.98 Å². The molecule has 0 aliphatic heterocycles. The molecule has 10 heteroatoms. The summed E-state index contributed by atoms with van der Waals surface area (Å²) in [6.45, 7) is 0. The fourth-order valence-electron chi connectivity index (χ4n) is 5.07. The highest BCUT2D eigenvalue weighted by molar-refractivity contribution is 5.97. The minimum Gasteiger partial charge on any atom is -0.374 e. The number of hydrogen-bond acceptors (Lipinski definition) is 6. The Bertz CT molecular complexity index is 1840. The number of rotatable bonds is 6. The average molecular weight is 524 g/mol. The van der Waals surface area contributed by atoms with E-state index in [0.717, 1.165) is 19.3 Å². The Hall–Kier alpha value is -4.70. The van der Waals surface area contributed by atoms with Crippen molar-refractivity contribution < 1.29 is 13.9 Å². The number of nitrogens with zero attached hydrogens (tertiary/aromatic N) is 4. The summed E-state index contributed by atoms with van der Waals surface area (Å²) in [5.41, 5.74) is 4.53. The molecule has 194 valence electrons. The normalized spacial score (nSPS) is 14.5. The predicted molar refractivity (Wildman–Crippen MR) is 145 cm³/mol. The third kappa shape index (κ3) is 4.09. The van der Waals surface area contributed by atoms with Gasteiger partial charge in [0.25, 0.3) is 0 Å². The Labute approximate surface area is 221 Å². The largest absolute Gasteiger partial charge is 0.374 e. The van der Waals surface area contributed by atoms with Crippen molar-refractivity contribution in [3.8, 4) is 33.8 Å². The molecule has 1 atom stereocenters. The molecule has 0 radical (unpaired) electrons. The summed E-state index contributed by atoms with van der Waals surface area (Å²) in [5.74, 6) is -0.234. The van der Waals surface area contributed by atoms with Crippen molar-refractivity contribution in [3.05, 3.63) is 78.8 Å². The van der Waals surface area contributed by atoms with Crippen molar-refractivity contribution in [2.75, 3.05) is 5.32 Å². The van der Waals surface area contributed by atoms with Crippen LogP contribution in [0.15, 0.2) is 67.1 Å². The van der Waals surface area contributed by atoms with E-state index in [-0.39, 0.29) is 17.3 Å². The molecule has 0 saturated heterocycles. The lowest BCUT2D eigenvalue weighted by atomic mass is 9.84. The predicted octanol–water partition coefficient (Wildman–Crippen LogP) is 6.04. The number of H-pyrrole nitrogens is 2. The maximum absolute atomic E-state index is 15.2. The van der Waals surface area contributed by atoms with Crippen molar-refractivity contribution >= 4 is 27.8 Å². The van der Waals surface area contributed by atoms with Crippen LogP contribution >= 0.6 is 0 Å². The van der Waals surface area contributed by atoms with Crippen LogP contribution in [0.25, 0.3) is 55.8 Å². The highest BCUT2D eigenvalue weighted by atomic mass is 19.1. The number of aromatic amines is 2. The van der Waals surface area contributed by atoms with E-state index in [1.54, 1.807) is 42.9 Å². The van der Waals surface area contributed by atoms with Crippen molar-refractivity contribution in [2.24, 2.45) is 5.92 Å². The monoisotopic (exact) mass is 523 g/mol. The summed E-state index contributed by atoms with van der Waals surface area (Å²) in [6.07, 6.45) is 7.33. The number of benzene rings is 2. The molecule has 0 amide bonds. The van der Waals surface area contributed by atoms with Crippen molar-refractivity contribution in [1.29, 1.82) is 0 Å². The molecule has 2 aromatic carbocycles. The van der Waals surface area contributed by atoms with Gasteiger partial charge >= 0.3 is 0 Å². The lowest BCUT2D eigenvalue weighted by molar-refractivity contribution is 0.0851. The number of pyridine rings is 2. The van der Waals surface area contributed by atoms with Crippen LogP contribution in [0.2, 0.25) is 0 Å². The first kappa shape index (κ1) is 23.4. The van der Waals surface area contributed by atoms with Gasteiger partial charge in [-0.15, -0.1) is 0 Å². The van der Waals surface area contributed by atoms with Crippen LogP contribution in [0.1, 0.15) is 19.3 Å². The zero-order valence-electron chi connectivity index (χ0n) is 20.6. The van der Waals surface area contributed by atoms with Crippen molar-refractivity contribution in [2.45, 2.75) is 25.5 Å². The zero-order valence-corrected chi connectivity index (χ0v) is 20.6. The molecule has 4 N–H and O–H groups in total. The van der Waals surface area contributed by atoms with Gasteiger partial charge in [0.2, 0.25) is 0 Å². The van der Waals surface area contributed by atoms with E-state index in [1.807, 2.05) is 12.1 Å². The number of nitrogens with one attached hydrogen (secondary N) is 3. The van der Waals surface area contributed by atoms with Crippen molar-refractivity contribution in [1.82, 2.24) is 30.1 Å². The minimum absolute atomic E-state index is 0.230. The summed E-state index contributed by atoms with van der Waals surface area (Å²) in [7, 11) is 0. The second-order valence-electron chi connectivity index (χ2n) is 9.82. The summed E-state index contributed by atoms with van der Waals surface area (Å²) in [5, 5.41) is 21.2. The summed E-state index contributed by atoms with van der Waals surface area (Å²) < 4.78 is 29.8. The maximum Gasteiger partial charge on any atom is 0.160 e. The number of anilines is 1. The number of fused-ring (bicyclic) bond motifs is 2. The van der Waals surface area contributed by atoms with Gasteiger partial charge in [-0.25, -0.2) is 18.7 Å². The van der Waals surface area contributed by atoms with Gasteiger partial charge in [-0.1, -0.05) is 24.6 Å². The van der Waals surface area contributed by atoms with Gasteiger partial charge in [0.1, 0.15) is 34.6 Å². The number of aromatic nitrogens is 6. The molecule has 4 heterocycles. The van der Waals surface area contributed by atoms with Crippen LogP contribution in [0, 0.1) is 17.6 Å². The second kappa shape index (κ2) is 9.25. The number of aliphatic hydroxyl groups is 1. The Morgan fingerprint density at radius 3 is 2.67 bits per heavy atom. The molecule has 1 saturated carbocycles. The third-order valence-electron chi connectivity index (χ3n) is 7.38. The van der Waals surface area contributed by atoms with E-state index < -0.39 is 12.0 Å². The van der Waals surface area contributed by atoms with E-state index in [9.17, 15) is 9.50 Å². The van der Waals surface area contributed by atoms with Gasteiger partial charge in [0.05, 0.1) is 11.9 Å².